The quantitative estimate of drug-likeness (QED) is 0.599. The van der Waals surface area contributed by atoms with E-state index in [1.54, 1.807) is 0 Å². The van der Waals surface area contributed by atoms with Gasteiger partial charge in [0.05, 0.1) is 12.5 Å². The van der Waals surface area contributed by atoms with Crippen molar-refractivity contribution in [3.63, 3.8) is 0 Å². The maximum Gasteiger partial charge on any atom is 0.390 e. The van der Waals surface area contributed by atoms with E-state index in [4.69, 9.17) is 0 Å². The van der Waals surface area contributed by atoms with Crippen LogP contribution in [0.1, 0.15) is 98.4 Å². The number of ketones is 5. The van der Waals surface area contributed by atoms with Gasteiger partial charge in [0, 0.05) is 13.8 Å². The predicted octanol–water partition coefficient (Wildman–Crippen LogP) is 1.65. The van der Waals surface area contributed by atoms with E-state index in [1.165, 1.54) is 0 Å². The maximum atomic E-state index is 12.1. The number of Topliss-reactive ketones (excluding diaryl/α,β-unsaturated/α-hetero) is 5. The van der Waals surface area contributed by atoms with E-state index < -0.39 is 34.8 Å². The molecule has 1 aromatic heterocycles. The molecule has 0 spiro atoms. The van der Waals surface area contributed by atoms with Gasteiger partial charge in [0.25, 0.3) is 11.4 Å². The van der Waals surface area contributed by atoms with Gasteiger partial charge in [-0.3, -0.25) is 24.0 Å². The molecule has 0 N–H and O–H groups in total. The molecule has 7 nitrogen and oxygen atoms in total. The Kier molecular flexibility index (Phi) is 5.39. The molecule has 1 aromatic rings. The van der Waals surface area contributed by atoms with Crippen molar-refractivity contribution in [2.45, 2.75) is 41.5 Å². The molecule has 0 aromatic carbocycles. The van der Waals surface area contributed by atoms with Crippen molar-refractivity contribution < 1.29 is 33.3 Å². The molecule has 0 atom stereocenters. The molecular formula is C17H18NO6+. The Labute approximate surface area is 138 Å². The highest BCUT2D eigenvalue weighted by Crippen LogP contribution is 2.23. The van der Waals surface area contributed by atoms with Crippen molar-refractivity contribution in [3.8, 4) is 0 Å². The minimum Gasteiger partial charge on any atom is -0.294 e. The standard InChI is InChI=1S/C17H18NO6/c1-7(19)13-14(8(2)20)16(10(4)22)18(12(6)24)17(11(5)23)15(13)9(3)21/h1-6H3/q+1. The van der Waals surface area contributed by atoms with Crippen molar-refractivity contribution in [2.75, 3.05) is 0 Å². The molecule has 0 aliphatic rings. The van der Waals surface area contributed by atoms with E-state index in [9.17, 15) is 28.8 Å². The highest BCUT2D eigenvalue weighted by molar-refractivity contribution is 6.20. The molecule has 0 aliphatic carbocycles. The van der Waals surface area contributed by atoms with E-state index >= 15 is 0 Å². The number of hydrogen-bond acceptors (Lipinski definition) is 6. The van der Waals surface area contributed by atoms with Crippen LogP contribution < -0.4 is 4.57 Å². The van der Waals surface area contributed by atoms with Crippen molar-refractivity contribution in [2.24, 2.45) is 0 Å². The molecule has 0 amide bonds. The van der Waals surface area contributed by atoms with Crippen molar-refractivity contribution in [3.05, 3.63) is 28.1 Å². The largest absolute Gasteiger partial charge is 0.390 e. The Bertz CT molecular complexity index is 634. The smallest absolute Gasteiger partial charge is 0.294 e. The molecule has 0 unspecified atom stereocenters. The monoisotopic (exact) mass is 332 g/mol. The van der Waals surface area contributed by atoms with Gasteiger partial charge >= 0.3 is 5.91 Å². The first kappa shape index (κ1) is 19.2. The van der Waals surface area contributed by atoms with Gasteiger partial charge in [0.15, 0.2) is 17.3 Å². The van der Waals surface area contributed by atoms with Gasteiger partial charge in [-0.2, -0.15) is 0 Å². The first-order chi connectivity index (χ1) is 10.9. The summed E-state index contributed by atoms with van der Waals surface area (Å²) in [5, 5.41) is 0. The number of nitrogens with zero attached hydrogens (tertiary/aromatic N) is 1. The molecule has 0 bridgehead atoms. The van der Waals surface area contributed by atoms with Crippen LogP contribution >= 0.6 is 0 Å². The predicted molar refractivity (Wildman–Crippen MR) is 83.0 cm³/mol. The SMILES string of the molecule is CC(=O)c1c(C(C)=O)c(C(C)=O)[n+](C(C)=O)c(C(C)=O)c1C(C)=O. The summed E-state index contributed by atoms with van der Waals surface area (Å²) in [6.07, 6.45) is 0. The normalized spacial score (nSPS) is 10.2. The molecule has 0 fully saturated rings. The second kappa shape index (κ2) is 6.74. The van der Waals surface area contributed by atoms with Crippen LogP contribution in [0.3, 0.4) is 0 Å². The average molecular weight is 332 g/mol. The topological polar surface area (TPSA) is 106 Å². The van der Waals surface area contributed by atoms with Gasteiger partial charge < -0.3 is 0 Å². The van der Waals surface area contributed by atoms with Gasteiger partial charge in [-0.15, -0.1) is 4.57 Å². The lowest BCUT2D eigenvalue weighted by molar-refractivity contribution is -0.577. The number of aromatic nitrogens is 1. The van der Waals surface area contributed by atoms with E-state index in [-0.39, 0.29) is 28.1 Å². The van der Waals surface area contributed by atoms with Crippen LogP contribution in [0.5, 0.6) is 0 Å². The Morgan fingerprint density at radius 1 is 0.500 bits per heavy atom. The van der Waals surface area contributed by atoms with Crippen LogP contribution in [-0.4, -0.2) is 34.8 Å². The van der Waals surface area contributed by atoms with E-state index in [2.05, 4.69) is 0 Å². The highest BCUT2D eigenvalue weighted by Gasteiger charge is 2.41. The molecule has 1 rings (SSSR count). The lowest BCUT2D eigenvalue weighted by Crippen LogP contribution is -2.53. The molecule has 7 heteroatoms. The van der Waals surface area contributed by atoms with Crippen molar-refractivity contribution in [1.29, 1.82) is 0 Å². The molecular weight excluding hydrogens is 314 g/mol. The van der Waals surface area contributed by atoms with Gasteiger partial charge in [-0.25, -0.2) is 4.79 Å². The van der Waals surface area contributed by atoms with Crippen LogP contribution in [0.2, 0.25) is 0 Å². The number of carbonyl (C=O) groups is 6. The fourth-order valence-electron chi connectivity index (χ4n) is 2.72. The van der Waals surface area contributed by atoms with Crippen LogP contribution in [0.4, 0.5) is 0 Å². The van der Waals surface area contributed by atoms with Gasteiger partial charge in [0.1, 0.15) is 11.1 Å². The lowest BCUT2D eigenvalue weighted by Gasteiger charge is -2.14. The van der Waals surface area contributed by atoms with Crippen molar-refractivity contribution in [1.82, 2.24) is 0 Å². The third-order valence-electron chi connectivity index (χ3n) is 3.46. The zero-order valence-corrected chi connectivity index (χ0v) is 14.4. The second-order valence-electron chi connectivity index (χ2n) is 5.46. The third-order valence-corrected chi connectivity index (χ3v) is 3.46. The maximum absolute atomic E-state index is 12.1. The fraction of sp³-hybridized carbons (Fsp3) is 0.353. The second-order valence-corrected chi connectivity index (χ2v) is 5.46. The van der Waals surface area contributed by atoms with E-state index in [0.717, 1.165) is 46.1 Å². The summed E-state index contributed by atoms with van der Waals surface area (Å²) in [5.41, 5.74) is -1.67. The zero-order chi connectivity index (χ0) is 18.9. The summed E-state index contributed by atoms with van der Waals surface area (Å²) in [6, 6.07) is 0. The summed E-state index contributed by atoms with van der Waals surface area (Å²) in [5.74, 6) is -4.02. The molecule has 0 aliphatic heterocycles. The number of pyridine rings is 1. The van der Waals surface area contributed by atoms with Crippen LogP contribution in [0.25, 0.3) is 0 Å². The fourth-order valence-corrected chi connectivity index (χ4v) is 2.72. The molecule has 0 radical (unpaired) electrons. The Morgan fingerprint density at radius 3 is 0.958 bits per heavy atom. The third kappa shape index (κ3) is 3.10. The Morgan fingerprint density at radius 2 is 0.792 bits per heavy atom. The Hall–Kier alpha value is -2.83. The molecule has 126 valence electrons. The van der Waals surface area contributed by atoms with Gasteiger partial charge in [-0.05, 0) is 20.8 Å². The van der Waals surface area contributed by atoms with Crippen molar-refractivity contribution >= 4 is 34.8 Å². The van der Waals surface area contributed by atoms with Crippen LogP contribution in [0, 0.1) is 0 Å². The lowest BCUT2D eigenvalue weighted by atomic mass is 9.88. The van der Waals surface area contributed by atoms with Crippen LogP contribution in [-0.2, 0) is 0 Å². The highest BCUT2D eigenvalue weighted by atomic mass is 16.2. The molecule has 0 saturated carbocycles. The first-order valence-corrected chi connectivity index (χ1v) is 7.15. The van der Waals surface area contributed by atoms with Gasteiger partial charge in [-0.1, -0.05) is 0 Å². The van der Waals surface area contributed by atoms with E-state index in [0.29, 0.717) is 0 Å². The van der Waals surface area contributed by atoms with Gasteiger partial charge in [0.2, 0.25) is 11.6 Å². The average Bonchev–Trinajstić information content (AvgIpc) is 2.42. The molecule has 0 saturated heterocycles. The summed E-state index contributed by atoms with van der Waals surface area (Å²) in [7, 11) is 0. The van der Waals surface area contributed by atoms with Crippen LogP contribution in [0.15, 0.2) is 0 Å². The van der Waals surface area contributed by atoms with E-state index in [1.807, 2.05) is 0 Å². The molecule has 24 heavy (non-hydrogen) atoms. The minimum absolute atomic E-state index is 0.303. The number of carbonyl (C=O) groups excluding carboxylic acids is 6. The molecule has 1 heterocycles. The summed E-state index contributed by atoms with van der Waals surface area (Å²) >= 11 is 0. The first-order valence-electron chi connectivity index (χ1n) is 7.15. The summed E-state index contributed by atoms with van der Waals surface area (Å²) < 4.78 is 0.755. The summed E-state index contributed by atoms with van der Waals surface area (Å²) in [4.78, 5) is 72.6. The minimum atomic E-state index is -0.717. The summed E-state index contributed by atoms with van der Waals surface area (Å²) in [6.45, 7) is 6.69. The Balaban J connectivity index is 4.50. The number of rotatable bonds is 5. The zero-order valence-electron chi connectivity index (χ0n) is 14.4. The number of hydrogen-bond donors (Lipinski definition) is 0.